The van der Waals surface area contributed by atoms with Gasteiger partial charge in [0.15, 0.2) is 3.95 Å². The summed E-state index contributed by atoms with van der Waals surface area (Å²) in [7, 11) is 0. The molecule has 1 aromatic heterocycles. The topological polar surface area (TPSA) is 15.8 Å². The molecule has 0 aliphatic rings. The number of fused-ring (bicyclic) bond motifs is 1. The molecule has 1 aromatic carbocycles. The first kappa shape index (κ1) is 10.4. The minimum absolute atomic E-state index is 0. The fourth-order valence-electron chi connectivity index (χ4n) is 1.11. The third-order valence-electron chi connectivity index (χ3n) is 1.66. The average Bonchev–Trinajstić information content (AvgIpc) is 2.31. The van der Waals surface area contributed by atoms with Crippen LogP contribution in [0.5, 0.6) is 0 Å². The Labute approximate surface area is 104 Å². The summed E-state index contributed by atoms with van der Waals surface area (Å²) in [5.41, 5.74) is 2.44. The number of thiazole rings is 1. The molecule has 0 radical (unpaired) electrons. The van der Waals surface area contributed by atoms with E-state index in [9.17, 15) is 0 Å². The van der Waals surface area contributed by atoms with Crippen molar-refractivity contribution in [2.75, 3.05) is 0 Å². The van der Waals surface area contributed by atoms with Crippen LogP contribution in [-0.4, -0.2) is 4.98 Å². The number of hydrogen-bond acceptors (Lipinski definition) is 2. The van der Waals surface area contributed by atoms with E-state index in [2.05, 4.69) is 30.1 Å². The van der Waals surface area contributed by atoms with Gasteiger partial charge >= 0.3 is 29.6 Å². The van der Waals surface area contributed by atoms with Crippen molar-refractivity contribution in [3.05, 3.63) is 27.7 Å². The zero-order chi connectivity index (χ0) is 7.84. The third kappa shape index (κ3) is 1.80. The van der Waals surface area contributed by atoms with Crippen LogP contribution in [0.25, 0.3) is 10.2 Å². The van der Waals surface area contributed by atoms with Crippen molar-refractivity contribution >= 4 is 33.8 Å². The first-order valence-corrected chi connectivity index (χ1v) is 4.58. The largest absolute Gasteiger partial charge is 1.00 e. The second-order valence-corrected chi connectivity index (χ2v) is 4.18. The molecule has 58 valence electrons. The zero-order valence-corrected chi connectivity index (χ0v) is 10.7. The van der Waals surface area contributed by atoms with Crippen LogP contribution in [0.2, 0.25) is 0 Å². The van der Waals surface area contributed by atoms with Gasteiger partial charge in [0.1, 0.15) is 0 Å². The summed E-state index contributed by atoms with van der Waals surface area (Å²) in [5, 5.41) is 0. The van der Waals surface area contributed by atoms with Gasteiger partial charge in [-0.05, 0) is 30.8 Å². The van der Waals surface area contributed by atoms with Gasteiger partial charge in [-0.15, -0.1) is 11.3 Å². The van der Waals surface area contributed by atoms with E-state index in [4.69, 9.17) is 12.2 Å². The molecule has 0 bridgehead atoms. The maximum Gasteiger partial charge on any atom is 1.00 e. The van der Waals surface area contributed by atoms with E-state index in [0.29, 0.717) is 0 Å². The predicted molar refractivity (Wildman–Crippen MR) is 52.9 cm³/mol. The molecular weight excluding hydrogens is 197 g/mol. The van der Waals surface area contributed by atoms with Crippen LogP contribution in [0.4, 0.5) is 0 Å². The van der Waals surface area contributed by atoms with Crippen LogP contribution >= 0.6 is 23.6 Å². The monoisotopic (exact) mass is 205 g/mol. The minimum atomic E-state index is 0. The number of aromatic amines is 1. The van der Waals surface area contributed by atoms with Gasteiger partial charge < -0.3 is 6.41 Å². The maximum absolute atomic E-state index is 5.04. The molecule has 1 nitrogen and oxygen atoms in total. The zero-order valence-electron chi connectivity index (χ0n) is 8.05. The summed E-state index contributed by atoms with van der Waals surface area (Å²) < 4.78 is 2.10. The summed E-state index contributed by atoms with van der Waals surface area (Å²) in [6, 6.07) is 6.22. The maximum atomic E-state index is 5.04. The Morgan fingerprint density at radius 1 is 1.50 bits per heavy atom. The Morgan fingerprint density at radius 2 is 2.25 bits per heavy atom. The fraction of sp³-hybridized carbons (Fsp3) is 0.125. The molecule has 0 fully saturated rings. The van der Waals surface area contributed by atoms with Gasteiger partial charge in [-0.1, -0.05) is 12.1 Å². The molecule has 0 aliphatic carbocycles. The molecule has 0 unspecified atom stereocenters. The Hall–Kier alpha value is 0.330. The van der Waals surface area contributed by atoms with Crippen molar-refractivity contribution < 1.29 is 31.0 Å². The SMILES string of the molecule is Cc1cccc2sc(=S)[nH]c12.[H-].[Na+]. The molecule has 0 saturated heterocycles. The Morgan fingerprint density at radius 3 is 2.92 bits per heavy atom. The van der Waals surface area contributed by atoms with Gasteiger partial charge in [-0.2, -0.15) is 0 Å². The summed E-state index contributed by atoms with van der Waals surface area (Å²) in [6.07, 6.45) is 0. The molecule has 1 heterocycles. The van der Waals surface area contributed by atoms with E-state index < -0.39 is 0 Å². The quantitative estimate of drug-likeness (QED) is 0.486. The van der Waals surface area contributed by atoms with Gasteiger partial charge in [0.25, 0.3) is 0 Å². The summed E-state index contributed by atoms with van der Waals surface area (Å²) in [4.78, 5) is 3.16. The molecule has 0 saturated carbocycles. The van der Waals surface area contributed by atoms with E-state index in [1.807, 2.05) is 0 Å². The van der Waals surface area contributed by atoms with E-state index in [1.165, 1.54) is 15.8 Å². The van der Waals surface area contributed by atoms with E-state index in [1.54, 1.807) is 11.3 Å². The Kier molecular flexibility index (Phi) is 3.49. The Bertz CT molecular complexity index is 449. The molecule has 0 amide bonds. The normalized spacial score (nSPS) is 9.75. The van der Waals surface area contributed by atoms with Crippen LogP contribution in [0.1, 0.15) is 6.99 Å². The van der Waals surface area contributed by atoms with Crippen molar-refractivity contribution in [2.24, 2.45) is 0 Å². The predicted octanol–water partition coefficient (Wildman–Crippen LogP) is 0.384. The van der Waals surface area contributed by atoms with Crippen molar-refractivity contribution in [3.63, 3.8) is 0 Å². The molecule has 2 aromatic rings. The van der Waals surface area contributed by atoms with Gasteiger partial charge in [-0.3, -0.25) is 0 Å². The Balaban J connectivity index is 0.000000720. The molecule has 2 rings (SSSR count). The van der Waals surface area contributed by atoms with Crippen LogP contribution in [-0.2, 0) is 0 Å². The first-order chi connectivity index (χ1) is 5.27. The second-order valence-electron chi connectivity index (χ2n) is 2.46. The summed E-state index contributed by atoms with van der Waals surface area (Å²) >= 11 is 6.66. The van der Waals surface area contributed by atoms with Gasteiger partial charge in [0.05, 0.1) is 10.2 Å². The van der Waals surface area contributed by atoms with Crippen LogP contribution < -0.4 is 29.6 Å². The van der Waals surface area contributed by atoms with Gasteiger partial charge in [0, 0.05) is 0 Å². The molecule has 0 aliphatic heterocycles. The van der Waals surface area contributed by atoms with Gasteiger partial charge in [-0.25, -0.2) is 0 Å². The first-order valence-electron chi connectivity index (χ1n) is 3.36. The van der Waals surface area contributed by atoms with Crippen molar-refractivity contribution in [1.82, 2.24) is 4.98 Å². The van der Waals surface area contributed by atoms with Crippen molar-refractivity contribution in [3.8, 4) is 0 Å². The summed E-state index contributed by atoms with van der Waals surface area (Å²) in [6.45, 7) is 2.08. The molecule has 1 N–H and O–H groups in total. The minimum Gasteiger partial charge on any atom is -1.00 e. The number of aromatic nitrogens is 1. The number of H-pyrrole nitrogens is 1. The van der Waals surface area contributed by atoms with Gasteiger partial charge in [0.2, 0.25) is 0 Å². The molecular formula is C8H8NNaS2. The smallest absolute Gasteiger partial charge is 1.00 e. The van der Waals surface area contributed by atoms with Crippen LogP contribution in [0, 0.1) is 10.9 Å². The van der Waals surface area contributed by atoms with Crippen molar-refractivity contribution in [2.45, 2.75) is 6.92 Å². The number of aryl methyl sites for hydroxylation is 1. The summed E-state index contributed by atoms with van der Waals surface area (Å²) in [5.74, 6) is 0. The molecule has 0 spiro atoms. The second kappa shape index (κ2) is 4.03. The van der Waals surface area contributed by atoms with E-state index >= 15 is 0 Å². The fourth-order valence-corrected chi connectivity index (χ4v) is 2.30. The average molecular weight is 205 g/mol. The van der Waals surface area contributed by atoms with Crippen molar-refractivity contribution in [1.29, 1.82) is 0 Å². The van der Waals surface area contributed by atoms with Crippen LogP contribution in [0.3, 0.4) is 0 Å². The van der Waals surface area contributed by atoms with E-state index in [0.717, 1.165) is 3.95 Å². The van der Waals surface area contributed by atoms with E-state index in [-0.39, 0.29) is 31.0 Å². The number of rotatable bonds is 0. The molecule has 0 atom stereocenters. The third-order valence-corrected chi connectivity index (χ3v) is 2.86. The van der Waals surface area contributed by atoms with Crippen LogP contribution in [0.15, 0.2) is 18.2 Å². The molecule has 4 heteroatoms. The molecule has 12 heavy (non-hydrogen) atoms. The number of benzene rings is 1. The number of hydrogen-bond donors (Lipinski definition) is 1. The number of nitrogens with one attached hydrogen (secondary N) is 1. The number of para-hydroxylation sites is 1. The standard InChI is InChI=1S/C8H7NS2.Na.H/c1-5-3-2-4-6-7(5)9-8(10)11-6;;/h2-4H,1H3,(H,9,10);;/q;+1;-1.